The van der Waals surface area contributed by atoms with Gasteiger partial charge >= 0.3 is 67.2 Å². The number of carbonyl (C=O) groups excluding carboxylic acids is 8. The van der Waals surface area contributed by atoms with E-state index >= 15 is 0 Å². The summed E-state index contributed by atoms with van der Waals surface area (Å²) < 4.78 is 47.1. The summed E-state index contributed by atoms with van der Waals surface area (Å²) in [5, 5.41) is 1.81. The second-order valence-electron chi connectivity index (χ2n) is 33.3. The number of carbonyl (C=O) groups is 8. The molecule has 0 aliphatic carbocycles. The van der Waals surface area contributed by atoms with Gasteiger partial charge in [-0.25, -0.2) is 9.97 Å². The van der Waals surface area contributed by atoms with Crippen LogP contribution in [0.1, 0.15) is 140 Å². The van der Waals surface area contributed by atoms with Crippen molar-refractivity contribution in [1.82, 2.24) is 39.9 Å². The fraction of sp³-hybridized carbons (Fsp3) is 0.214. The number of ether oxygens (including phenoxy) is 8. The third-order valence-electron chi connectivity index (χ3n) is 23.7. The van der Waals surface area contributed by atoms with Crippen LogP contribution in [0.4, 0.5) is 0 Å². The molecule has 15 aromatic rings. The Morgan fingerprint density at radius 3 is 0.474 bits per heavy atom. The van der Waals surface area contributed by atoms with Crippen LogP contribution in [0.25, 0.3) is 89.7 Å². The van der Waals surface area contributed by atoms with Crippen LogP contribution in [0, 0.1) is 0 Å². The van der Waals surface area contributed by atoms with Crippen molar-refractivity contribution in [2.45, 2.75) is 156 Å². The molecule has 5 heterocycles. The van der Waals surface area contributed by atoms with Gasteiger partial charge in [0.15, 0.2) is 0 Å². The van der Waals surface area contributed by atoms with Crippen molar-refractivity contribution >= 4 is 91.9 Å². The molecule has 0 N–H and O–H groups in total. The molecule has 2 aliphatic heterocycles. The maximum absolute atomic E-state index is 14.1. The average Bonchev–Trinajstić information content (AvgIpc) is 1.59. The number of esters is 8. The zero-order chi connectivity index (χ0) is 93.3. The van der Waals surface area contributed by atoms with Crippen molar-refractivity contribution in [3.05, 3.63) is 380 Å². The van der Waals surface area contributed by atoms with Crippen LogP contribution in [0.2, 0.25) is 0 Å². The van der Waals surface area contributed by atoms with Crippen LogP contribution in [-0.2, 0) is 200 Å². The Morgan fingerprint density at radius 2 is 0.328 bits per heavy atom. The fourth-order valence-corrected chi connectivity index (χ4v) is 16.4. The standard InChI is InChI=1S/C112H96N8O16.Zn/c121-97(129-65-73-25-9-1-10-26-73)49-41-81-57-89-90(58-82(81)42-50-98(122)130-66-74-27-11-2-12-28-74)106-113-105(89)117-107-91-59-83(43-51-99(123)131-67-75-29-13-3-14-30-75)84(44-52-100(124)132-68-76-31-15-4-16-32-76)60-92(91)109(114-107)119-111-95-63-87(47-55-103(127)135-71-79-37-21-7-22-38-79)88(48-56-104(128)136-72-80-39-23-8-24-40-80)64-96(95)112(116-111)120-110-94-62-86(46-54-102(126)134-70-78-35-19-6-20-36-78)85(61-93(94)108(115-110)118-106)45-53-101(125)133-69-77-33-17-5-18-34-77;/h1-40,57-64H,41-56,65-72H2;/q-2;+2. The molecule has 0 radical (unpaired) electrons. The van der Waals surface area contributed by atoms with Gasteiger partial charge in [0.05, 0.1) is 23.3 Å². The summed E-state index contributed by atoms with van der Waals surface area (Å²) in [6, 6.07) is 90.1. The smallest absolute Gasteiger partial charge is 0.461 e. The van der Waals surface area contributed by atoms with Gasteiger partial charge in [0, 0.05) is 96.2 Å². The van der Waals surface area contributed by atoms with Gasteiger partial charge in [0.25, 0.3) is 0 Å². The summed E-state index contributed by atoms with van der Waals surface area (Å²) >= 11 is 0. The van der Waals surface area contributed by atoms with Gasteiger partial charge in [-0.1, -0.05) is 243 Å². The maximum atomic E-state index is 14.1. The SMILES string of the molecule is O=C(CCc1cc2c(cc1CCC(=O)OCc1ccccc1)-c1nc-2nc2[n-]c(nc3nc(nc4[n-]c(n1)c1cc(CCC(=O)OCc5ccccc5)c(CCC(=O)OCc5ccccc5)cc41)-c1cc(CCC(=O)OCc4ccccc4)c(CCC(=O)OCc4ccccc4)cc1-3)c1cc(CCC(=O)OCc3ccccc3)c(CCC(=O)OCc3ccccc3)cc21)OCc1ccccc1.[Zn+2]. The Morgan fingerprint density at radius 1 is 0.190 bits per heavy atom. The quantitative estimate of drug-likeness (QED) is 0.0196. The summed E-state index contributed by atoms with van der Waals surface area (Å²) in [4.78, 5) is 156. The second kappa shape index (κ2) is 46.4. The van der Waals surface area contributed by atoms with Crippen molar-refractivity contribution in [3.63, 3.8) is 0 Å². The van der Waals surface area contributed by atoms with Crippen molar-refractivity contribution in [3.8, 4) is 45.6 Å². The molecule has 3 aromatic heterocycles. The fourth-order valence-electron chi connectivity index (χ4n) is 16.4. The molecule has 0 unspecified atom stereocenters. The number of hydrogen-bond acceptors (Lipinski definition) is 22. The number of nitrogens with zero attached hydrogens (tertiary/aromatic N) is 8. The molecule has 2 aliphatic rings. The van der Waals surface area contributed by atoms with Crippen LogP contribution in [0.5, 0.6) is 0 Å². The normalized spacial score (nSPS) is 11.2. The molecular formula is C112H96N8O16Zn. The molecule has 24 nitrogen and oxygen atoms in total. The van der Waals surface area contributed by atoms with E-state index in [4.69, 9.17) is 77.8 Å². The molecule has 17 rings (SSSR count). The first kappa shape index (κ1) is 94.6. The van der Waals surface area contributed by atoms with Crippen LogP contribution >= 0.6 is 0 Å². The maximum Gasteiger partial charge on any atom is 2.00 e. The van der Waals surface area contributed by atoms with Crippen molar-refractivity contribution in [1.29, 1.82) is 0 Å². The topological polar surface area (TPSA) is 316 Å². The van der Waals surface area contributed by atoms with Gasteiger partial charge in [-0.2, -0.15) is 0 Å². The molecule has 12 aromatic carbocycles. The Balaban J connectivity index is 0.0000136. The van der Waals surface area contributed by atoms with E-state index in [9.17, 15) is 38.4 Å². The van der Waals surface area contributed by atoms with Crippen LogP contribution in [0.15, 0.2) is 291 Å². The van der Waals surface area contributed by atoms with Gasteiger partial charge in [0.1, 0.15) is 52.9 Å². The average molecular weight is 1880 g/mol. The molecule has 682 valence electrons. The molecule has 25 heteroatoms. The van der Waals surface area contributed by atoms with Crippen molar-refractivity contribution in [2.24, 2.45) is 0 Å². The third kappa shape index (κ3) is 25.7. The summed E-state index contributed by atoms with van der Waals surface area (Å²) in [7, 11) is 0. The first-order chi connectivity index (χ1) is 66.6. The Kier molecular flexibility index (Phi) is 32.0. The van der Waals surface area contributed by atoms with Crippen molar-refractivity contribution < 1.29 is 95.7 Å². The molecule has 0 fully saturated rings. The van der Waals surface area contributed by atoms with E-state index in [0.29, 0.717) is 88.3 Å². The third-order valence-corrected chi connectivity index (χ3v) is 23.7. The Bertz CT molecular complexity index is 6210. The van der Waals surface area contributed by atoms with Gasteiger partial charge in [-0.15, -0.1) is 0 Å². The van der Waals surface area contributed by atoms with E-state index < -0.39 is 47.8 Å². The number of benzene rings is 12. The van der Waals surface area contributed by atoms with Gasteiger partial charge < -0.3 is 67.8 Å². The minimum atomic E-state index is -0.472. The van der Waals surface area contributed by atoms with Gasteiger partial charge in [-0.05, 0) is 210 Å². The molecular weight excluding hydrogens is 1780 g/mol. The number of rotatable bonds is 40. The number of aromatic nitrogens is 8. The molecule has 8 bridgehead atoms. The van der Waals surface area contributed by atoms with Crippen LogP contribution in [-0.4, -0.2) is 77.7 Å². The Labute approximate surface area is 803 Å². The molecule has 0 atom stereocenters. The molecule has 0 spiro atoms. The van der Waals surface area contributed by atoms with E-state index in [-0.39, 0.29) is 221 Å². The first-order valence-electron chi connectivity index (χ1n) is 45.5. The predicted octanol–water partition coefficient (Wildman–Crippen LogP) is 19.5. The summed E-state index contributed by atoms with van der Waals surface area (Å²) in [5.41, 5.74) is 14.0. The minimum absolute atomic E-state index is 0. The number of hydrogen-bond donors (Lipinski definition) is 0. The monoisotopic (exact) mass is 1870 g/mol. The van der Waals surface area contributed by atoms with E-state index in [1.165, 1.54) is 0 Å². The summed E-state index contributed by atoms with van der Waals surface area (Å²) in [6.07, 6.45) is 0.500. The zero-order valence-electron chi connectivity index (χ0n) is 75.5. The molecule has 0 saturated heterocycles. The first-order valence-corrected chi connectivity index (χ1v) is 45.5. The largest absolute Gasteiger partial charge is 2.00 e. The van der Waals surface area contributed by atoms with E-state index in [1.807, 2.05) is 291 Å². The van der Waals surface area contributed by atoms with E-state index in [0.717, 1.165) is 44.5 Å². The van der Waals surface area contributed by atoms with E-state index in [1.54, 1.807) is 0 Å². The summed E-state index contributed by atoms with van der Waals surface area (Å²) in [5.74, 6) is -3.32. The minimum Gasteiger partial charge on any atom is -0.461 e. The van der Waals surface area contributed by atoms with Gasteiger partial charge in [-0.3, -0.25) is 38.4 Å². The van der Waals surface area contributed by atoms with Crippen LogP contribution in [0.3, 0.4) is 0 Å². The van der Waals surface area contributed by atoms with Crippen LogP contribution < -0.4 is 9.97 Å². The van der Waals surface area contributed by atoms with Crippen molar-refractivity contribution in [2.75, 3.05) is 0 Å². The molecule has 137 heavy (non-hydrogen) atoms. The predicted molar refractivity (Wildman–Crippen MR) is 510 cm³/mol. The molecule has 0 saturated carbocycles. The number of aryl methyl sites for hydroxylation is 8. The number of fused-ring (bicyclic) bond motifs is 20. The summed E-state index contributed by atoms with van der Waals surface area (Å²) in [6.45, 7) is 0.295. The van der Waals surface area contributed by atoms with Gasteiger partial charge in [0.2, 0.25) is 0 Å². The second-order valence-corrected chi connectivity index (χ2v) is 33.3. The van der Waals surface area contributed by atoms with E-state index in [2.05, 4.69) is 0 Å². The zero-order valence-corrected chi connectivity index (χ0v) is 78.5. The molecule has 0 amide bonds. The Hall–Kier alpha value is -15.6.